The van der Waals surface area contributed by atoms with Crippen LogP contribution in [-0.4, -0.2) is 27.5 Å². The van der Waals surface area contributed by atoms with E-state index in [9.17, 15) is 4.79 Å². The number of nitrogens with zero attached hydrogens (tertiary/aromatic N) is 2. The van der Waals surface area contributed by atoms with Crippen molar-refractivity contribution < 1.29 is 4.79 Å². The van der Waals surface area contributed by atoms with E-state index in [1.165, 1.54) is 5.56 Å². The largest absolute Gasteiger partial charge is 0.336 e. The van der Waals surface area contributed by atoms with E-state index in [1.54, 1.807) is 0 Å². The molecule has 0 spiro atoms. The van der Waals surface area contributed by atoms with Crippen LogP contribution in [0.15, 0.2) is 0 Å². The molecule has 2 heterocycles. The van der Waals surface area contributed by atoms with Crippen molar-refractivity contribution in [3.8, 4) is 0 Å². The van der Waals surface area contributed by atoms with Gasteiger partial charge in [-0.1, -0.05) is 6.92 Å². The van der Waals surface area contributed by atoms with Crippen LogP contribution >= 0.6 is 22.6 Å². The van der Waals surface area contributed by atoms with Gasteiger partial charge in [-0.2, -0.15) is 5.10 Å². The second-order valence-electron chi connectivity index (χ2n) is 3.39. The molecule has 76 valence electrons. The summed E-state index contributed by atoms with van der Waals surface area (Å²) >= 11 is 2.23. The van der Waals surface area contributed by atoms with Crippen LogP contribution in [0.4, 0.5) is 0 Å². The van der Waals surface area contributed by atoms with Gasteiger partial charge in [0.2, 0.25) is 5.91 Å². The highest BCUT2D eigenvalue weighted by atomic mass is 127. The Bertz CT molecular complexity index is 361. The molecule has 1 aliphatic rings. The van der Waals surface area contributed by atoms with Crippen LogP contribution in [0.25, 0.3) is 0 Å². The number of aromatic nitrogens is 2. The minimum Gasteiger partial charge on any atom is -0.336 e. The van der Waals surface area contributed by atoms with Crippen LogP contribution in [0.1, 0.15) is 24.6 Å². The Labute approximate surface area is 96.2 Å². The van der Waals surface area contributed by atoms with Crippen molar-refractivity contribution in [1.82, 2.24) is 15.1 Å². The second-order valence-corrected chi connectivity index (χ2v) is 4.41. The van der Waals surface area contributed by atoms with Gasteiger partial charge in [0.15, 0.2) is 0 Å². The molecule has 14 heavy (non-hydrogen) atoms. The molecule has 0 fully saturated rings. The van der Waals surface area contributed by atoms with E-state index in [0.29, 0.717) is 13.0 Å². The van der Waals surface area contributed by atoms with Crippen molar-refractivity contribution in [3.63, 3.8) is 0 Å². The number of carbonyl (C=O) groups is 1. The fourth-order valence-electron chi connectivity index (χ4n) is 1.71. The highest BCUT2D eigenvalue weighted by molar-refractivity contribution is 14.1. The molecule has 5 heteroatoms. The summed E-state index contributed by atoms with van der Waals surface area (Å²) < 4.78 is 1.04. The van der Waals surface area contributed by atoms with Crippen LogP contribution in [0.3, 0.4) is 0 Å². The summed E-state index contributed by atoms with van der Waals surface area (Å²) in [4.78, 5) is 13.4. The first kappa shape index (κ1) is 9.95. The third-order valence-electron chi connectivity index (χ3n) is 2.54. The van der Waals surface area contributed by atoms with Gasteiger partial charge in [0.05, 0.1) is 12.2 Å². The first-order valence-electron chi connectivity index (χ1n) is 4.71. The van der Waals surface area contributed by atoms with Gasteiger partial charge in [-0.25, -0.2) is 0 Å². The van der Waals surface area contributed by atoms with Gasteiger partial charge >= 0.3 is 0 Å². The smallest absolute Gasteiger partial charge is 0.222 e. The Morgan fingerprint density at radius 1 is 1.71 bits per heavy atom. The van der Waals surface area contributed by atoms with E-state index < -0.39 is 0 Å². The SMILES string of the molecule is CCC(=O)N1CCc2c(I)n[nH]c2C1. The summed E-state index contributed by atoms with van der Waals surface area (Å²) in [6, 6.07) is 0. The number of H-pyrrole nitrogens is 1. The van der Waals surface area contributed by atoms with Gasteiger partial charge in [0, 0.05) is 18.5 Å². The Kier molecular flexibility index (Phi) is 2.76. The van der Waals surface area contributed by atoms with E-state index in [-0.39, 0.29) is 5.91 Å². The number of carbonyl (C=O) groups excluding carboxylic acids is 1. The summed E-state index contributed by atoms with van der Waals surface area (Å²) in [5.41, 5.74) is 2.38. The fourth-order valence-corrected chi connectivity index (χ4v) is 2.43. The summed E-state index contributed by atoms with van der Waals surface area (Å²) in [5, 5.41) is 7.12. The average molecular weight is 305 g/mol. The minimum atomic E-state index is 0.222. The van der Waals surface area contributed by atoms with E-state index in [1.807, 2.05) is 11.8 Å². The lowest BCUT2D eigenvalue weighted by Gasteiger charge is -2.26. The molecule has 0 atom stereocenters. The maximum atomic E-state index is 11.5. The lowest BCUT2D eigenvalue weighted by Crippen LogP contribution is -2.35. The average Bonchev–Trinajstić information content (AvgIpc) is 2.59. The van der Waals surface area contributed by atoms with Gasteiger partial charge in [-0.3, -0.25) is 9.89 Å². The molecular weight excluding hydrogens is 293 g/mol. The number of rotatable bonds is 1. The van der Waals surface area contributed by atoms with Gasteiger partial charge in [0.1, 0.15) is 3.70 Å². The molecule has 4 nitrogen and oxygen atoms in total. The molecule has 0 aliphatic carbocycles. The van der Waals surface area contributed by atoms with Gasteiger partial charge in [-0.15, -0.1) is 0 Å². The Hall–Kier alpha value is -0.590. The van der Waals surface area contributed by atoms with Crippen LogP contribution in [0.5, 0.6) is 0 Å². The van der Waals surface area contributed by atoms with Crippen molar-refractivity contribution >= 4 is 28.5 Å². The lowest BCUT2D eigenvalue weighted by molar-refractivity contribution is -0.131. The first-order chi connectivity index (χ1) is 6.72. The zero-order valence-corrected chi connectivity index (χ0v) is 10.2. The predicted molar refractivity (Wildman–Crippen MR) is 60.7 cm³/mol. The zero-order valence-electron chi connectivity index (χ0n) is 8.01. The van der Waals surface area contributed by atoms with Crippen molar-refractivity contribution in [1.29, 1.82) is 0 Å². The third-order valence-corrected chi connectivity index (χ3v) is 3.43. The number of aromatic amines is 1. The maximum absolute atomic E-state index is 11.5. The zero-order chi connectivity index (χ0) is 10.1. The summed E-state index contributed by atoms with van der Waals surface area (Å²) in [6.07, 6.45) is 1.51. The molecule has 1 aliphatic heterocycles. The number of halogens is 1. The van der Waals surface area contributed by atoms with E-state index in [4.69, 9.17) is 0 Å². The molecule has 1 aromatic rings. The third kappa shape index (κ3) is 1.65. The highest BCUT2D eigenvalue weighted by Gasteiger charge is 2.22. The normalized spacial score (nSPS) is 15.4. The first-order valence-corrected chi connectivity index (χ1v) is 5.79. The number of hydrogen-bond acceptors (Lipinski definition) is 2. The summed E-state index contributed by atoms with van der Waals surface area (Å²) in [7, 11) is 0. The molecular formula is C9H12IN3O. The number of fused-ring (bicyclic) bond motifs is 1. The fraction of sp³-hybridized carbons (Fsp3) is 0.556. The Balaban J connectivity index is 2.18. The monoisotopic (exact) mass is 305 g/mol. The molecule has 0 unspecified atom stereocenters. The lowest BCUT2D eigenvalue weighted by atomic mass is 10.1. The molecule has 2 rings (SSSR count). The Morgan fingerprint density at radius 3 is 3.21 bits per heavy atom. The summed E-state index contributed by atoms with van der Waals surface area (Å²) in [6.45, 7) is 3.42. The van der Waals surface area contributed by atoms with Gasteiger partial charge in [-0.05, 0) is 29.0 Å². The number of amides is 1. The standard InChI is InChI=1S/C9H12IN3O/c1-2-8(14)13-4-3-6-7(5-13)11-12-9(6)10/h2-5H2,1H3,(H,11,12). The highest BCUT2D eigenvalue weighted by Crippen LogP contribution is 2.21. The number of nitrogens with one attached hydrogen (secondary N) is 1. The predicted octanol–water partition coefficient (Wildman–Crippen LogP) is 1.31. The molecule has 1 amide bonds. The molecule has 0 saturated heterocycles. The van der Waals surface area contributed by atoms with Crippen molar-refractivity contribution in [2.75, 3.05) is 6.54 Å². The van der Waals surface area contributed by atoms with Gasteiger partial charge < -0.3 is 4.90 Å². The van der Waals surface area contributed by atoms with E-state index >= 15 is 0 Å². The van der Waals surface area contributed by atoms with E-state index in [0.717, 1.165) is 22.4 Å². The molecule has 0 bridgehead atoms. The van der Waals surface area contributed by atoms with Crippen LogP contribution in [0, 0.1) is 3.70 Å². The van der Waals surface area contributed by atoms with Crippen molar-refractivity contribution in [2.24, 2.45) is 0 Å². The second kappa shape index (κ2) is 3.88. The molecule has 1 N–H and O–H groups in total. The molecule has 0 saturated carbocycles. The van der Waals surface area contributed by atoms with Crippen LogP contribution in [-0.2, 0) is 17.8 Å². The van der Waals surface area contributed by atoms with Crippen LogP contribution in [0.2, 0.25) is 0 Å². The van der Waals surface area contributed by atoms with E-state index in [2.05, 4.69) is 32.8 Å². The van der Waals surface area contributed by atoms with Crippen molar-refractivity contribution in [3.05, 3.63) is 15.0 Å². The topological polar surface area (TPSA) is 49.0 Å². The quantitative estimate of drug-likeness (QED) is 0.795. The molecule has 0 radical (unpaired) electrons. The van der Waals surface area contributed by atoms with Gasteiger partial charge in [0.25, 0.3) is 0 Å². The molecule has 0 aromatic carbocycles. The van der Waals surface area contributed by atoms with Crippen molar-refractivity contribution in [2.45, 2.75) is 26.3 Å². The van der Waals surface area contributed by atoms with Crippen LogP contribution < -0.4 is 0 Å². The Morgan fingerprint density at radius 2 is 2.50 bits per heavy atom. The minimum absolute atomic E-state index is 0.222. The molecule has 1 aromatic heterocycles. The summed E-state index contributed by atoms with van der Waals surface area (Å²) in [5.74, 6) is 0.222. The maximum Gasteiger partial charge on any atom is 0.222 e. The number of hydrogen-bond donors (Lipinski definition) is 1.